The van der Waals surface area contributed by atoms with E-state index in [4.69, 9.17) is 11.2 Å². The molecule has 2 heterocycles. The summed E-state index contributed by atoms with van der Waals surface area (Å²) >= 11 is 0. The Morgan fingerprint density at radius 3 is 2.89 bits per heavy atom. The van der Waals surface area contributed by atoms with Gasteiger partial charge >= 0.3 is 0 Å². The lowest BCUT2D eigenvalue weighted by atomic mass is 10.0. The summed E-state index contributed by atoms with van der Waals surface area (Å²) in [6.45, 7) is 2.77. The molecule has 0 aliphatic carbocycles. The van der Waals surface area contributed by atoms with Gasteiger partial charge in [0.1, 0.15) is 5.75 Å². The zero-order valence-corrected chi connectivity index (χ0v) is 15.7. The van der Waals surface area contributed by atoms with Crippen molar-refractivity contribution in [3.05, 3.63) is 23.8 Å². The first-order chi connectivity index (χ1) is 13.0. The highest BCUT2D eigenvalue weighted by atomic mass is 16.5. The van der Waals surface area contributed by atoms with E-state index in [9.17, 15) is 9.59 Å². The molecule has 1 aromatic carbocycles. The number of rotatable bonds is 8. The molecule has 0 bridgehead atoms. The number of aryl methyl sites for hydroxylation is 1. The smallest absolute Gasteiger partial charge is 0.227 e. The average Bonchev–Trinajstić information content (AvgIpc) is 3.32. The summed E-state index contributed by atoms with van der Waals surface area (Å²) in [4.78, 5) is 26.6. The van der Waals surface area contributed by atoms with E-state index in [2.05, 4.69) is 21.5 Å². The first-order valence-electron chi connectivity index (χ1n) is 9.08. The third-order valence-corrected chi connectivity index (χ3v) is 5.00. The van der Waals surface area contributed by atoms with Gasteiger partial charge in [0.05, 0.1) is 18.7 Å². The Bertz CT molecular complexity index is 806. The lowest BCUT2D eigenvalue weighted by Gasteiger charge is -2.20. The van der Waals surface area contributed by atoms with Gasteiger partial charge in [-0.1, -0.05) is 6.07 Å². The van der Waals surface area contributed by atoms with Crippen molar-refractivity contribution in [2.75, 3.05) is 25.1 Å². The Hall–Kier alpha value is -2.88. The molecule has 142 valence electrons. The van der Waals surface area contributed by atoms with Crippen LogP contribution >= 0.6 is 0 Å². The summed E-state index contributed by atoms with van der Waals surface area (Å²) in [5.74, 6) is 2.64. The molecule has 1 atom stereocenters. The third-order valence-electron chi connectivity index (χ3n) is 5.00. The molecule has 7 heteroatoms. The van der Waals surface area contributed by atoms with Gasteiger partial charge in [0, 0.05) is 38.8 Å². The fourth-order valence-corrected chi connectivity index (χ4v) is 3.33. The number of nitrogens with zero attached hydrogens (tertiary/aromatic N) is 3. The number of ether oxygens (including phenoxy) is 1. The zero-order valence-electron chi connectivity index (χ0n) is 15.7. The van der Waals surface area contributed by atoms with Crippen molar-refractivity contribution >= 4 is 17.5 Å². The van der Waals surface area contributed by atoms with E-state index >= 15 is 0 Å². The van der Waals surface area contributed by atoms with Gasteiger partial charge in [-0.05, 0) is 24.6 Å². The van der Waals surface area contributed by atoms with E-state index in [1.807, 2.05) is 25.1 Å². The maximum absolute atomic E-state index is 12.5. The van der Waals surface area contributed by atoms with Crippen LogP contribution in [-0.4, -0.2) is 37.7 Å². The second-order valence-corrected chi connectivity index (χ2v) is 7.01. The molecular weight excluding hydrogens is 344 g/mol. The number of hydrogen-bond donors (Lipinski definition) is 1. The van der Waals surface area contributed by atoms with Gasteiger partial charge in [0.25, 0.3) is 0 Å². The summed E-state index contributed by atoms with van der Waals surface area (Å²) in [6.07, 6.45) is 7.44. The van der Waals surface area contributed by atoms with Crippen LogP contribution in [0.3, 0.4) is 0 Å². The normalized spacial score (nSPS) is 19.7. The molecule has 2 amide bonds. The van der Waals surface area contributed by atoms with Gasteiger partial charge in [-0.3, -0.25) is 9.59 Å². The highest BCUT2D eigenvalue weighted by Crippen LogP contribution is 2.36. The molecule has 2 aliphatic rings. The van der Waals surface area contributed by atoms with Gasteiger partial charge in [-0.2, -0.15) is 10.2 Å². The third kappa shape index (κ3) is 4.27. The van der Waals surface area contributed by atoms with E-state index in [1.165, 1.54) is 0 Å². The van der Waals surface area contributed by atoms with E-state index in [0.717, 1.165) is 5.56 Å². The monoisotopic (exact) mass is 368 g/mol. The quantitative estimate of drug-likeness (QED) is 0.716. The maximum Gasteiger partial charge on any atom is 0.227 e. The Morgan fingerprint density at radius 1 is 1.44 bits per heavy atom. The van der Waals surface area contributed by atoms with Gasteiger partial charge in [-0.25, -0.2) is 0 Å². The Labute approximate surface area is 159 Å². The Morgan fingerprint density at radius 2 is 2.22 bits per heavy atom. The Balaban J connectivity index is 1.55. The fourth-order valence-electron chi connectivity index (χ4n) is 3.33. The van der Waals surface area contributed by atoms with Crippen LogP contribution in [0.15, 0.2) is 28.4 Å². The molecule has 0 radical (unpaired) electrons. The van der Waals surface area contributed by atoms with Crippen molar-refractivity contribution in [2.24, 2.45) is 16.1 Å². The molecule has 7 nitrogen and oxygen atoms in total. The standard InChI is InChI=1S/C20H24N4O3/c1-4-5-8-20(22-23-20)9-10-21-19(26)15-12-18(25)24(13-15)16-11-14(2)6-7-17(16)27-3/h1,6-7,11,15H,5,8-10,12-13H2,2-3H3,(H,21,26). The minimum Gasteiger partial charge on any atom is -0.495 e. The van der Waals surface area contributed by atoms with E-state index in [0.29, 0.717) is 43.8 Å². The number of carbonyl (C=O) groups excluding carboxylic acids is 2. The van der Waals surface area contributed by atoms with Gasteiger partial charge in [0.2, 0.25) is 11.8 Å². The van der Waals surface area contributed by atoms with Crippen molar-refractivity contribution in [1.82, 2.24) is 5.32 Å². The molecule has 0 aromatic heterocycles. The summed E-state index contributed by atoms with van der Waals surface area (Å²) in [5, 5.41) is 11.0. The Kier molecular flexibility index (Phi) is 5.45. The highest BCUT2D eigenvalue weighted by Gasteiger charge is 2.40. The van der Waals surface area contributed by atoms with Crippen LogP contribution in [0.5, 0.6) is 5.75 Å². The van der Waals surface area contributed by atoms with Crippen LogP contribution in [0, 0.1) is 25.2 Å². The SMILES string of the molecule is C#CCCC1(CCNC(=O)C2CC(=O)N(c3cc(C)ccc3OC)C2)N=N1. The average molecular weight is 368 g/mol. The summed E-state index contributed by atoms with van der Waals surface area (Å²) in [7, 11) is 1.57. The van der Waals surface area contributed by atoms with Crippen molar-refractivity contribution in [3.63, 3.8) is 0 Å². The first kappa shape index (κ1) is 18.9. The van der Waals surface area contributed by atoms with Crippen LogP contribution in [0.4, 0.5) is 5.69 Å². The predicted octanol–water partition coefficient (Wildman–Crippen LogP) is 2.44. The molecule has 0 spiro atoms. The molecule has 3 rings (SSSR count). The number of nitrogens with one attached hydrogen (secondary N) is 1. The second-order valence-electron chi connectivity index (χ2n) is 7.01. The lowest BCUT2D eigenvalue weighted by Crippen LogP contribution is -2.35. The highest BCUT2D eigenvalue weighted by molar-refractivity contribution is 6.01. The number of carbonyl (C=O) groups is 2. The predicted molar refractivity (Wildman–Crippen MR) is 101 cm³/mol. The van der Waals surface area contributed by atoms with E-state index < -0.39 is 5.66 Å². The molecule has 1 N–H and O–H groups in total. The number of terminal acetylenes is 1. The molecular formula is C20H24N4O3. The van der Waals surface area contributed by atoms with Crippen molar-refractivity contribution < 1.29 is 14.3 Å². The van der Waals surface area contributed by atoms with Crippen LogP contribution in [0.2, 0.25) is 0 Å². The van der Waals surface area contributed by atoms with Gasteiger partial charge in [-0.15, -0.1) is 12.3 Å². The van der Waals surface area contributed by atoms with Crippen LogP contribution < -0.4 is 15.0 Å². The second kappa shape index (κ2) is 7.78. The molecule has 1 unspecified atom stereocenters. The van der Waals surface area contributed by atoms with Gasteiger partial charge < -0.3 is 15.0 Å². The molecule has 27 heavy (non-hydrogen) atoms. The first-order valence-corrected chi connectivity index (χ1v) is 9.08. The summed E-state index contributed by atoms with van der Waals surface area (Å²) in [6, 6.07) is 5.67. The van der Waals surface area contributed by atoms with Crippen molar-refractivity contribution in [2.45, 2.75) is 38.3 Å². The van der Waals surface area contributed by atoms with E-state index in [1.54, 1.807) is 12.0 Å². The fraction of sp³-hybridized carbons (Fsp3) is 0.500. The van der Waals surface area contributed by atoms with Crippen LogP contribution in [-0.2, 0) is 9.59 Å². The van der Waals surface area contributed by atoms with Crippen LogP contribution in [0.1, 0.15) is 31.2 Å². The molecule has 1 saturated heterocycles. The molecule has 0 saturated carbocycles. The summed E-state index contributed by atoms with van der Waals surface area (Å²) in [5.41, 5.74) is 1.33. The van der Waals surface area contributed by atoms with Gasteiger partial charge in [0.15, 0.2) is 5.66 Å². The minimum absolute atomic E-state index is 0.0725. The molecule has 1 aromatic rings. The maximum atomic E-state index is 12.5. The number of hydrogen-bond acceptors (Lipinski definition) is 5. The zero-order chi connectivity index (χ0) is 19.4. The lowest BCUT2D eigenvalue weighted by molar-refractivity contribution is -0.126. The van der Waals surface area contributed by atoms with Crippen molar-refractivity contribution in [1.29, 1.82) is 0 Å². The molecule has 2 aliphatic heterocycles. The topological polar surface area (TPSA) is 83.4 Å². The number of benzene rings is 1. The number of methoxy groups -OCH3 is 1. The van der Waals surface area contributed by atoms with Crippen LogP contribution in [0.25, 0.3) is 0 Å². The number of amides is 2. The van der Waals surface area contributed by atoms with Crippen molar-refractivity contribution in [3.8, 4) is 18.1 Å². The number of anilines is 1. The minimum atomic E-state index is -0.411. The molecule has 1 fully saturated rings. The van der Waals surface area contributed by atoms with E-state index in [-0.39, 0.29) is 24.2 Å². The largest absolute Gasteiger partial charge is 0.495 e. The summed E-state index contributed by atoms with van der Waals surface area (Å²) < 4.78 is 5.37.